The molecule has 3 rings (SSSR count). The van der Waals surface area contributed by atoms with Crippen molar-refractivity contribution in [3.8, 4) is 0 Å². The lowest BCUT2D eigenvalue weighted by Crippen LogP contribution is -2.52. The van der Waals surface area contributed by atoms with Gasteiger partial charge in [0.25, 0.3) is 0 Å². The molecule has 0 saturated heterocycles. The summed E-state index contributed by atoms with van der Waals surface area (Å²) in [6.45, 7) is 3.90. The van der Waals surface area contributed by atoms with Crippen molar-refractivity contribution in [3.05, 3.63) is 104 Å². The molecule has 0 unspecified atom stereocenters. The van der Waals surface area contributed by atoms with Crippen LogP contribution in [-0.2, 0) is 29.0 Å². The number of nitrogens with one attached hydrogen (secondary N) is 1. The van der Waals surface area contributed by atoms with Crippen molar-refractivity contribution in [2.45, 2.75) is 51.7 Å². The maximum atomic E-state index is 14.6. The molecule has 3 aromatic rings. The van der Waals surface area contributed by atoms with E-state index >= 15 is 0 Å². The van der Waals surface area contributed by atoms with E-state index in [9.17, 15) is 14.0 Å². The lowest BCUT2D eigenvalue weighted by molar-refractivity contribution is -0.141. The Hall–Kier alpha value is -2.60. The van der Waals surface area contributed by atoms with E-state index in [2.05, 4.69) is 5.32 Å². The summed E-state index contributed by atoms with van der Waals surface area (Å²) in [5.41, 5.74) is 1.58. The van der Waals surface area contributed by atoms with Crippen LogP contribution >= 0.6 is 34.8 Å². The van der Waals surface area contributed by atoms with Crippen LogP contribution in [0.5, 0.6) is 0 Å². The summed E-state index contributed by atoms with van der Waals surface area (Å²) in [6.07, 6.45) is 0.690. The van der Waals surface area contributed by atoms with Crippen LogP contribution in [0.15, 0.2) is 66.7 Å². The second kappa shape index (κ2) is 13.1. The predicted octanol–water partition coefficient (Wildman–Crippen LogP) is 6.88. The number of amides is 2. The Morgan fingerprint density at radius 1 is 0.972 bits per heavy atom. The van der Waals surface area contributed by atoms with Gasteiger partial charge in [-0.05, 0) is 48.7 Å². The summed E-state index contributed by atoms with van der Waals surface area (Å²) in [6, 6.07) is 17.7. The fraction of sp³-hybridized carbons (Fsp3) is 0.286. The van der Waals surface area contributed by atoms with Crippen molar-refractivity contribution in [2.75, 3.05) is 0 Å². The smallest absolute Gasteiger partial charge is 0.243 e. The molecule has 0 radical (unpaired) electrons. The molecule has 0 aliphatic carbocycles. The van der Waals surface area contributed by atoms with Crippen LogP contribution in [0.3, 0.4) is 0 Å². The van der Waals surface area contributed by atoms with Gasteiger partial charge in [0.2, 0.25) is 11.8 Å². The zero-order valence-corrected chi connectivity index (χ0v) is 22.4. The number of carbonyl (C=O) groups is 2. The van der Waals surface area contributed by atoms with Crippen LogP contribution in [-0.4, -0.2) is 28.8 Å². The SMILES string of the molecule is CC[C@H](C)NC(=O)[C@H](Cc1ccccc1)N(Cc1ccc(Cl)cc1Cl)C(=O)Cc1c(F)cccc1Cl. The predicted molar refractivity (Wildman–Crippen MR) is 144 cm³/mol. The Morgan fingerprint density at radius 2 is 1.69 bits per heavy atom. The maximum absolute atomic E-state index is 14.6. The van der Waals surface area contributed by atoms with E-state index in [-0.39, 0.29) is 41.9 Å². The second-order valence-corrected chi connectivity index (χ2v) is 9.91. The monoisotopic (exact) mass is 548 g/mol. The molecule has 2 atom stereocenters. The third-order valence-electron chi connectivity index (χ3n) is 6.02. The summed E-state index contributed by atoms with van der Waals surface area (Å²) in [7, 11) is 0. The van der Waals surface area contributed by atoms with E-state index in [1.165, 1.54) is 23.1 Å². The Bertz CT molecular complexity index is 1190. The highest BCUT2D eigenvalue weighted by Gasteiger charge is 2.32. The van der Waals surface area contributed by atoms with Gasteiger partial charge in [-0.15, -0.1) is 0 Å². The molecule has 0 aliphatic heterocycles. The summed E-state index contributed by atoms with van der Waals surface area (Å²) in [5, 5.41) is 3.96. The highest BCUT2D eigenvalue weighted by atomic mass is 35.5. The Kier molecular flexibility index (Phi) is 10.2. The molecule has 1 N–H and O–H groups in total. The molecule has 2 amide bonds. The van der Waals surface area contributed by atoms with Crippen molar-refractivity contribution in [1.82, 2.24) is 10.2 Å². The summed E-state index contributed by atoms with van der Waals surface area (Å²) < 4.78 is 14.6. The van der Waals surface area contributed by atoms with Gasteiger partial charge in [0.05, 0.1) is 6.42 Å². The van der Waals surface area contributed by atoms with E-state index < -0.39 is 17.8 Å². The van der Waals surface area contributed by atoms with Crippen molar-refractivity contribution in [1.29, 1.82) is 0 Å². The Morgan fingerprint density at radius 3 is 2.33 bits per heavy atom. The molecular weight excluding hydrogens is 522 g/mol. The number of hydrogen-bond donors (Lipinski definition) is 1. The number of nitrogens with zero attached hydrogens (tertiary/aromatic N) is 1. The molecule has 4 nitrogen and oxygen atoms in total. The number of halogens is 4. The summed E-state index contributed by atoms with van der Waals surface area (Å²) in [4.78, 5) is 28.7. The van der Waals surface area contributed by atoms with E-state index in [0.29, 0.717) is 15.6 Å². The molecule has 0 aromatic heterocycles. The molecule has 0 spiro atoms. The molecule has 0 heterocycles. The first-order valence-electron chi connectivity index (χ1n) is 11.7. The minimum Gasteiger partial charge on any atom is -0.352 e. The molecule has 190 valence electrons. The first kappa shape index (κ1) is 28.0. The molecule has 0 saturated carbocycles. The van der Waals surface area contributed by atoms with Gasteiger partial charge in [0.1, 0.15) is 11.9 Å². The van der Waals surface area contributed by atoms with Crippen molar-refractivity contribution >= 4 is 46.6 Å². The van der Waals surface area contributed by atoms with Crippen LogP contribution in [0.1, 0.15) is 37.0 Å². The summed E-state index contributed by atoms with van der Waals surface area (Å²) in [5.74, 6) is -1.33. The number of benzene rings is 3. The maximum Gasteiger partial charge on any atom is 0.243 e. The minimum atomic E-state index is -0.869. The van der Waals surface area contributed by atoms with E-state index in [1.807, 2.05) is 44.2 Å². The average molecular weight is 550 g/mol. The summed E-state index contributed by atoms with van der Waals surface area (Å²) >= 11 is 18.7. The van der Waals surface area contributed by atoms with Crippen LogP contribution in [0, 0.1) is 5.82 Å². The van der Waals surface area contributed by atoms with Gasteiger partial charge in [-0.2, -0.15) is 0 Å². The van der Waals surface area contributed by atoms with Crippen molar-refractivity contribution < 1.29 is 14.0 Å². The average Bonchev–Trinajstić information content (AvgIpc) is 2.85. The molecular formula is C28H28Cl3FN2O2. The highest BCUT2D eigenvalue weighted by molar-refractivity contribution is 6.35. The van der Waals surface area contributed by atoms with Gasteiger partial charge in [-0.3, -0.25) is 9.59 Å². The lowest BCUT2D eigenvalue weighted by Gasteiger charge is -2.32. The lowest BCUT2D eigenvalue weighted by atomic mass is 10.0. The Labute approximate surface area is 226 Å². The van der Waals surface area contributed by atoms with Gasteiger partial charge in [-0.1, -0.05) is 84.2 Å². The molecule has 36 heavy (non-hydrogen) atoms. The van der Waals surface area contributed by atoms with Gasteiger partial charge in [0.15, 0.2) is 0 Å². The fourth-order valence-corrected chi connectivity index (χ4v) is 4.48. The highest BCUT2D eigenvalue weighted by Crippen LogP contribution is 2.26. The van der Waals surface area contributed by atoms with Crippen molar-refractivity contribution in [3.63, 3.8) is 0 Å². The topological polar surface area (TPSA) is 49.4 Å². The van der Waals surface area contributed by atoms with Gasteiger partial charge < -0.3 is 10.2 Å². The third kappa shape index (κ3) is 7.45. The normalized spacial score (nSPS) is 12.6. The molecule has 0 bridgehead atoms. The number of carbonyl (C=O) groups excluding carboxylic acids is 2. The standard InChI is InChI=1S/C28H28Cl3FN2O2/c1-3-18(2)33-28(36)26(14-19-8-5-4-6-9-19)34(17-20-12-13-21(29)15-24(20)31)27(35)16-22-23(30)10-7-11-25(22)32/h4-13,15,18,26H,3,14,16-17H2,1-2H3,(H,33,36)/t18-,26-/m0/s1. The number of hydrogen-bond acceptors (Lipinski definition) is 2. The van der Waals surface area contributed by atoms with E-state index in [4.69, 9.17) is 34.8 Å². The first-order chi connectivity index (χ1) is 17.2. The third-order valence-corrected chi connectivity index (χ3v) is 6.96. The van der Waals surface area contributed by atoms with Crippen LogP contribution in [0.25, 0.3) is 0 Å². The quantitative estimate of drug-likeness (QED) is 0.300. The van der Waals surface area contributed by atoms with E-state index in [1.54, 1.807) is 18.2 Å². The molecule has 8 heteroatoms. The minimum absolute atomic E-state index is 0.0341. The fourth-order valence-electron chi connectivity index (χ4n) is 3.78. The zero-order valence-electron chi connectivity index (χ0n) is 20.1. The molecule has 0 fully saturated rings. The van der Waals surface area contributed by atoms with Crippen LogP contribution in [0.2, 0.25) is 15.1 Å². The van der Waals surface area contributed by atoms with Gasteiger partial charge in [-0.25, -0.2) is 4.39 Å². The Balaban J connectivity index is 2.04. The van der Waals surface area contributed by atoms with Gasteiger partial charge >= 0.3 is 0 Å². The van der Waals surface area contributed by atoms with E-state index in [0.717, 1.165) is 12.0 Å². The second-order valence-electron chi connectivity index (χ2n) is 8.66. The van der Waals surface area contributed by atoms with Gasteiger partial charge in [0, 0.05) is 39.6 Å². The number of rotatable bonds is 10. The van der Waals surface area contributed by atoms with Crippen LogP contribution < -0.4 is 5.32 Å². The molecule has 3 aromatic carbocycles. The first-order valence-corrected chi connectivity index (χ1v) is 12.8. The zero-order chi connectivity index (χ0) is 26.2. The van der Waals surface area contributed by atoms with Crippen LogP contribution in [0.4, 0.5) is 4.39 Å². The molecule has 0 aliphatic rings. The van der Waals surface area contributed by atoms with Crippen molar-refractivity contribution in [2.24, 2.45) is 0 Å². The largest absolute Gasteiger partial charge is 0.352 e.